The molecule has 0 bridgehead atoms. The van der Waals surface area contributed by atoms with Crippen LogP contribution in [0.25, 0.3) is 33.5 Å². The van der Waals surface area contributed by atoms with E-state index in [1.54, 1.807) is 12.1 Å². The Morgan fingerprint density at radius 1 is 0.771 bits per heavy atom. The maximum atomic E-state index is 12.7. The molecule has 180 valence electrons. The molecule has 4 rings (SSSR count). The van der Waals surface area contributed by atoms with Gasteiger partial charge in [-0.2, -0.15) is 0 Å². The van der Waals surface area contributed by atoms with Crippen molar-refractivity contribution < 1.29 is 14.3 Å². The lowest BCUT2D eigenvalue weighted by molar-refractivity contribution is 0.0939. The van der Waals surface area contributed by atoms with E-state index in [9.17, 15) is 4.79 Å². The highest BCUT2D eigenvalue weighted by atomic mass is 16.5. The van der Waals surface area contributed by atoms with Crippen molar-refractivity contribution in [2.75, 3.05) is 13.2 Å². The number of fused-ring (bicyclic) bond motifs is 1. The first-order chi connectivity index (χ1) is 17.0. The van der Waals surface area contributed by atoms with Gasteiger partial charge in [0.25, 0.3) is 5.91 Å². The zero-order chi connectivity index (χ0) is 24.8. The van der Waals surface area contributed by atoms with Gasteiger partial charge in [0.2, 0.25) is 0 Å². The topological polar surface area (TPSA) is 73.3 Å². The van der Waals surface area contributed by atoms with Crippen molar-refractivity contribution in [2.24, 2.45) is 0 Å². The van der Waals surface area contributed by atoms with E-state index >= 15 is 0 Å². The van der Waals surface area contributed by atoms with Crippen molar-refractivity contribution in [3.63, 3.8) is 0 Å². The minimum atomic E-state index is -0.110. The summed E-state index contributed by atoms with van der Waals surface area (Å²) in [5, 5.41) is 3.01. The number of aromatic nitrogens is 2. The Labute approximate surface area is 206 Å². The van der Waals surface area contributed by atoms with Crippen LogP contribution in [-0.4, -0.2) is 35.1 Å². The second kappa shape index (κ2) is 11.0. The van der Waals surface area contributed by atoms with Crippen LogP contribution in [0, 0.1) is 0 Å². The van der Waals surface area contributed by atoms with Crippen LogP contribution in [0.2, 0.25) is 0 Å². The van der Waals surface area contributed by atoms with Gasteiger partial charge in [0, 0.05) is 22.7 Å². The molecule has 0 unspecified atom stereocenters. The highest BCUT2D eigenvalue weighted by molar-refractivity contribution is 5.98. The highest BCUT2D eigenvalue weighted by Gasteiger charge is 2.16. The zero-order valence-electron chi connectivity index (χ0n) is 20.7. The van der Waals surface area contributed by atoms with Gasteiger partial charge in [0.05, 0.1) is 35.6 Å². The van der Waals surface area contributed by atoms with E-state index in [1.165, 1.54) is 0 Å². The van der Waals surface area contributed by atoms with Gasteiger partial charge in [-0.25, -0.2) is 9.97 Å². The van der Waals surface area contributed by atoms with Gasteiger partial charge in [-0.1, -0.05) is 6.92 Å². The summed E-state index contributed by atoms with van der Waals surface area (Å²) in [5.41, 5.74) is 5.32. The molecule has 1 aromatic heterocycles. The fraction of sp³-hybridized carbons (Fsp3) is 0.276. The van der Waals surface area contributed by atoms with Crippen LogP contribution < -0.4 is 14.8 Å². The van der Waals surface area contributed by atoms with Crippen LogP contribution in [0.5, 0.6) is 11.5 Å². The summed E-state index contributed by atoms with van der Waals surface area (Å²) >= 11 is 0. The van der Waals surface area contributed by atoms with E-state index < -0.39 is 0 Å². The smallest absolute Gasteiger partial charge is 0.251 e. The first-order valence-electron chi connectivity index (χ1n) is 12.1. The number of nitrogens with one attached hydrogen (secondary N) is 1. The van der Waals surface area contributed by atoms with E-state index in [0.29, 0.717) is 24.3 Å². The van der Waals surface area contributed by atoms with Gasteiger partial charge in [-0.15, -0.1) is 0 Å². The Bertz CT molecular complexity index is 1300. The van der Waals surface area contributed by atoms with E-state index in [4.69, 9.17) is 19.4 Å². The minimum Gasteiger partial charge on any atom is -0.494 e. The molecule has 6 nitrogen and oxygen atoms in total. The van der Waals surface area contributed by atoms with E-state index in [-0.39, 0.29) is 11.9 Å². The SMILES string of the molecule is CCOc1ccc(-c2nc3ccc(C(=O)N[C@H](C)CC)cc3nc2-c2ccc(OCC)cc2)cc1. The molecule has 0 saturated carbocycles. The molecule has 0 saturated heterocycles. The number of carbonyl (C=O) groups is 1. The quantitative estimate of drug-likeness (QED) is 0.312. The number of hydrogen-bond donors (Lipinski definition) is 1. The average Bonchev–Trinajstić information content (AvgIpc) is 2.89. The van der Waals surface area contributed by atoms with Crippen LogP contribution in [-0.2, 0) is 0 Å². The van der Waals surface area contributed by atoms with Gasteiger partial charge in [0.15, 0.2) is 0 Å². The first kappa shape index (κ1) is 24.2. The van der Waals surface area contributed by atoms with Crippen molar-refractivity contribution in [3.05, 3.63) is 72.3 Å². The Balaban J connectivity index is 1.82. The Morgan fingerprint density at radius 3 is 1.77 bits per heavy atom. The van der Waals surface area contributed by atoms with Gasteiger partial charge >= 0.3 is 0 Å². The van der Waals surface area contributed by atoms with Crippen LogP contribution in [0.3, 0.4) is 0 Å². The molecule has 4 aromatic rings. The molecule has 0 spiro atoms. The van der Waals surface area contributed by atoms with Crippen molar-refractivity contribution >= 4 is 16.9 Å². The fourth-order valence-corrected chi connectivity index (χ4v) is 3.76. The number of benzene rings is 3. The number of amides is 1. The summed E-state index contributed by atoms with van der Waals surface area (Å²) in [5.74, 6) is 1.50. The van der Waals surface area contributed by atoms with E-state index in [2.05, 4.69) is 5.32 Å². The zero-order valence-corrected chi connectivity index (χ0v) is 20.7. The molecule has 1 amide bonds. The Hall–Kier alpha value is -3.93. The standard InChI is InChI=1S/C29H31N3O3/c1-5-19(4)30-29(33)22-12-17-25-26(18-22)32-28(21-10-15-24(16-11-21)35-7-3)27(31-25)20-8-13-23(14-9-20)34-6-2/h8-19H,5-7H2,1-4H3,(H,30,33)/t19-/m1/s1. The molecule has 35 heavy (non-hydrogen) atoms. The molecule has 0 aliphatic carbocycles. The molecule has 6 heteroatoms. The lowest BCUT2D eigenvalue weighted by Crippen LogP contribution is -2.31. The Kier molecular flexibility index (Phi) is 7.60. The summed E-state index contributed by atoms with van der Waals surface area (Å²) < 4.78 is 11.2. The number of nitrogens with zero attached hydrogens (tertiary/aromatic N) is 2. The molecule has 1 heterocycles. The maximum Gasteiger partial charge on any atom is 0.251 e. The monoisotopic (exact) mass is 469 g/mol. The summed E-state index contributed by atoms with van der Waals surface area (Å²) in [6.45, 7) is 9.17. The van der Waals surface area contributed by atoms with Crippen molar-refractivity contribution in [1.82, 2.24) is 15.3 Å². The maximum absolute atomic E-state index is 12.7. The number of rotatable bonds is 9. The van der Waals surface area contributed by atoms with Crippen LogP contribution in [0.15, 0.2) is 66.7 Å². The van der Waals surface area contributed by atoms with Crippen LogP contribution in [0.4, 0.5) is 0 Å². The van der Waals surface area contributed by atoms with Crippen molar-refractivity contribution in [3.8, 4) is 34.0 Å². The molecule has 1 atom stereocenters. The molecular weight excluding hydrogens is 438 g/mol. The average molecular weight is 470 g/mol. The van der Waals surface area contributed by atoms with E-state index in [0.717, 1.165) is 46.0 Å². The summed E-state index contributed by atoms with van der Waals surface area (Å²) in [6, 6.07) is 21.3. The molecule has 0 aliphatic heterocycles. The molecular formula is C29H31N3O3. The molecule has 0 fully saturated rings. The summed E-state index contributed by atoms with van der Waals surface area (Å²) in [7, 11) is 0. The predicted octanol–water partition coefficient (Wildman–Crippen LogP) is 6.29. The van der Waals surface area contributed by atoms with Gasteiger partial charge in [-0.05, 0) is 93.9 Å². The molecule has 0 radical (unpaired) electrons. The summed E-state index contributed by atoms with van der Waals surface area (Å²) in [4.78, 5) is 22.7. The van der Waals surface area contributed by atoms with Gasteiger partial charge < -0.3 is 14.8 Å². The number of carbonyl (C=O) groups excluding carboxylic acids is 1. The Morgan fingerprint density at radius 2 is 1.29 bits per heavy atom. The molecule has 3 aromatic carbocycles. The number of ether oxygens (including phenoxy) is 2. The third-order valence-electron chi connectivity index (χ3n) is 5.79. The van der Waals surface area contributed by atoms with Crippen molar-refractivity contribution in [2.45, 2.75) is 40.2 Å². The number of hydrogen-bond acceptors (Lipinski definition) is 5. The van der Waals surface area contributed by atoms with Gasteiger partial charge in [-0.3, -0.25) is 4.79 Å². The van der Waals surface area contributed by atoms with Gasteiger partial charge in [0.1, 0.15) is 11.5 Å². The second-order valence-electron chi connectivity index (χ2n) is 8.32. The predicted molar refractivity (Wildman–Crippen MR) is 140 cm³/mol. The van der Waals surface area contributed by atoms with E-state index in [1.807, 2.05) is 82.3 Å². The fourth-order valence-electron chi connectivity index (χ4n) is 3.76. The van der Waals surface area contributed by atoms with Crippen molar-refractivity contribution in [1.29, 1.82) is 0 Å². The van der Waals surface area contributed by atoms with Crippen LogP contribution in [0.1, 0.15) is 44.5 Å². The lowest BCUT2D eigenvalue weighted by atomic mass is 10.0. The summed E-state index contributed by atoms with van der Waals surface area (Å²) in [6.07, 6.45) is 0.868. The third-order valence-corrected chi connectivity index (χ3v) is 5.79. The van der Waals surface area contributed by atoms with Crippen LogP contribution >= 0.6 is 0 Å². The lowest BCUT2D eigenvalue weighted by Gasteiger charge is -2.14. The highest BCUT2D eigenvalue weighted by Crippen LogP contribution is 2.33. The largest absolute Gasteiger partial charge is 0.494 e. The second-order valence-corrected chi connectivity index (χ2v) is 8.32. The normalized spacial score (nSPS) is 11.8. The molecule has 0 aliphatic rings. The first-order valence-corrected chi connectivity index (χ1v) is 12.1. The third kappa shape index (κ3) is 5.60. The minimum absolute atomic E-state index is 0.103. The molecule has 1 N–H and O–H groups in total.